The number of hydrogen-bond donors (Lipinski definition) is 3. The quantitative estimate of drug-likeness (QED) is 0.518. The second-order valence-electron chi connectivity index (χ2n) is 4.82. The van der Waals surface area contributed by atoms with Crippen LogP contribution in [0.2, 0.25) is 0 Å². The molecule has 106 valence electrons. The fourth-order valence-electron chi connectivity index (χ4n) is 2.18. The molecule has 2 heterocycles. The molecule has 0 spiro atoms. The molecule has 0 bridgehead atoms. The van der Waals surface area contributed by atoms with Gasteiger partial charge in [0, 0.05) is 37.4 Å². The van der Waals surface area contributed by atoms with Gasteiger partial charge in [0.05, 0.1) is 13.2 Å². The molecule has 1 aromatic heterocycles. The molecule has 0 amide bonds. The van der Waals surface area contributed by atoms with Crippen molar-refractivity contribution in [2.24, 2.45) is 5.84 Å². The molecule has 19 heavy (non-hydrogen) atoms. The Morgan fingerprint density at radius 3 is 2.84 bits per heavy atom. The van der Waals surface area contributed by atoms with Crippen LogP contribution in [-0.2, 0) is 4.74 Å². The molecule has 0 radical (unpaired) electrons. The van der Waals surface area contributed by atoms with Crippen molar-refractivity contribution in [2.45, 2.75) is 19.9 Å². The number of anilines is 2. The maximum Gasteiger partial charge on any atom is 0.239 e. The third-order valence-electron chi connectivity index (χ3n) is 3.01. The van der Waals surface area contributed by atoms with E-state index in [2.05, 4.69) is 32.5 Å². The molecule has 1 unspecified atom stereocenters. The van der Waals surface area contributed by atoms with Crippen LogP contribution in [0, 0.1) is 6.92 Å². The van der Waals surface area contributed by atoms with Crippen molar-refractivity contribution in [3.63, 3.8) is 0 Å². The molecule has 1 atom stereocenters. The number of nitrogens with two attached hydrogens (primary N) is 1. The van der Waals surface area contributed by atoms with Crippen LogP contribution in [-0.4, -0.2) is 53.8 Å². The molecule has 0 saturated carbocycles. The number of nitrogens with one attached hydrogen (secondary N) is 2. The predicted molar refractivity (Wildman–Crippen MR) is 74.9 cm³/mol. The zero-order valence-corrected chi connectivity index (χ0v) is 11.5. The van der Waals surface area contributed by atoms with E-state index in [1.807, 2.05) is 13.0 Å². The molecular weight excluding hydrogens is 244 g/mol. The van der Waals surface area contributed by atoms with Crippen LogP contribution in [0.4, 0.5) is 11.8 Å². The monoisotopic (exact) mass is 266 g/mol. The Kier molecular flexibility index (Phi) is 4.89. The molecule has 1 saturated heterocycles. The first-order valence-electron chi connectivity index (χ1n) is 6.56. The van der Waals surface area contributed by atoms with Gasteiger partial charge in [-0.05, 0) is 13.8 Å². The average molecular weight is 266 g/mol. The van der Waals surface area contributed by atoms with Gasteiger partial charge in [-0.2, -0.15) is 4.98 Å². The van der Waals surface area contributed by atoms with Gasteiger partial charge in [0.25, 0.3) is 0 Å². The standard InChI is InChI=1S/C12H22N6O/c1-9-7-11(16-12(15-9)17-13)14-10(2)8-18-3-5-19-6-4-18/h7,10H,3-6,8,13H2,1-2H3,(H2,14,15,16,17). The van der Waals surface area contributed by atoms with Crippen molar-refractivity contribution >= 4 is 11.8 Å². The van der Waals surface area contributed by atoms with Gasteiger partial charge in [-0.15, -0.1) is 0 Å². The van der Waals surface area contributed by atoms with Crippen LogP contribution < -0.4 is 16.6 Å². The lowest BCUT2D eigenvalue weighted by Crippen LogP contribution is -2.42. The summed E-state index contributed by atoms with van der Waals surface area (Å²) in [6.07, 6.45) is 0. The maximum absolute atomic E-state index is 5.34. The smallest absolute Gasteiger partial charge is 0.239 e. The number of hydrazine groups is 1. The second kappa shape index (κ2) is 6.65. The number of nitrogens with zero attached hydrogens (tertiary/aromatic N) is 3. The molecule has 2 rings (SSSR count). The third-order valence-corrected chi connectivity index (χ3v) is 3.01. The fraction of sp³-hybridized carbons (Fsp3) is 0.667. The predicted octanol–water partition coefficient (Wildman–Crippen LogP) is 0.203. The molecule has 0 aromatic carbocycles. The normalized spacial score (nSPS) is 18.1. The molecule has 7 nitrogen and oxygen atoms in total. The van der Waals surface area contributed by atoms with Crippen molar-refractivity contribution in [2.75, 3.05) is 43.6 Å². The first-order chi connectivity index (χ1) is 9.17. The lowest BCUT2D eigenvalue weighted by Gasteiger charge is -2.29. The number of aromatic nitrogens is 2. The van der Waals surface area contributed by atoms with Crippen molar-refractivity contribution in [1.29, 1.82) is 0 Å². The van der Waals surface area contributed by atoms with Gasteiger partial charge >= 0.3 is 0 Å². The highest BCUT2D eigenvalue weighted by Crippen LogP contribution is 2.10. The molecule has 7 heteroatoms. The van der Waals surface area contributed by atoms with Gasteiger partial charge in [0.15, 0.2) is 0 Å². The molecular formula is C12H22N6O. The van der Waals surface area contributed by atoms with Gasteiger partial charge in [-0.3, -0.25) is 10.3 Å². The van der Waals surface area contributed by atoms with Gasteiger partial charge in [-0.1, -0.05) is 0 Å². The van der Waals surface area contributed by atoms with Crippen molar-refractivity contribution in [1.82, 2.24) is 14.9 Å². The van der Waals surface area contributed by atoms with Crippen molar-refractivity contribution in [3.8, 4) is 0 Å². The van der Waals surface area contributed by atoms with E-state index in [1.54, 1.807) is 0 Å². The van der Waals surface area contributed by atoms with Gasteiger partial charge in [0.1, 0.15) is 5.82 Å². The van der Waals surface area contributed by atoms with E-state index < -0.39 is 0 Å². The van der Waals surface area contributed by atoms with Crippen LogP contribution >= 0.6 is 0 Å². The highest BCUT2D eigenvalue weighted by atomic mass is 16.5. The number of nitrogen functional groups attached to an aromatic ring is 1. The van der Waals surface area contributed by atoms with Crippen LogP contribution in [0.1, 0.15) is 12.6 Å². The summed E-state index contributed by atoms with van der Waals surface area (Å²) in [5, 5.41) is 3.38. The average Bonchev–Trinajstić information content (AvgIpc) is 2.38. The summed E-state index contributed by atoms with van der Waals surface area (Å²) in [7, 11) is 0. The summed E-state index contributed by atoms with van der Waals surface area (Å²) >= 11 is 0. The minimum atomic E-state index is 0.304. The SMILES string of the molecule is Cc1cc(NC(C)CN2CCOCC2)nc(NN)n1. The Morgan fingerprint density at radius 2 is 2.16 bits per heavy atom. The molecule has 1 fully saturated rings. The Hall–Kier alpha value is -1.44. The molecule has 1 aliphatic rings. The number of ether oxygens (including phenoxy) is 1. The fourth-order valence-corrected chi connectivity index (χ4v) is 2.18. The van der Waals surface area contributed by atoms with Crippen LogP contribution in [0.15, 0.2) is 6.07 Å². The Balaban J connectivity index is 1.90. The topological polar surface area (TPSA) is 88.3 Å². The summed E-state index contributed by atoms with van der Waals surface area (Å²) in [4.78, 5) is 10.8. The summed E-state index contributed by atoms with van der Waals surface area (Å²) in [5.74, 6) is 6.57. The van der Waals surface area contributed by atoms with E-state index >= 15 is 0 Å². The maximum atomic E-state index is 5.34. The van der Waals surface area contributed by atoms with Crippen LogP contribution in [0.5, 0.6) is 0 Å². The van der Waals surface area contributed by atoms with E-state index in [9.17, 15) is 0 Å². The summed E-state index contributed by atoms with van der Waals surface area (Å²) in [5.41, 5.74) is 3.35. The number of aryl methyl sites for hydroxylation is 1. The van der Waals surface area contributed by atoms with Crippen LogP contribution in [0.3, 0.4) is 0 Å². The first kappa shape index (κ1) is 14.0. The van der Waals surface area contributed by atoms with E-state index in [1.165, 1.54) is 0 Å². The third kappa shape index (κ3) is 4.30. The number of rotatable bonds is 5. The zero-order valence-electron chi connectivity index (χ0n) is 11.5. The van der Waals surface area contributed by atoms with E-state index in [-0.39, 0.29) is 0 Å². The second-order valence-corrected chi connectivity index (χ2v) is 4.82. The Morgan fingerprint density at radius 1 is 1.42 bits per heavy atom. The van der Waals surface area contributed by atoms with E-state index in [0.29, 0.717) is 12.0 Å². The highest BCUT2D eigenvalue weighted by molar-refractivity contribution is 5.42. The van der Waals surface area contributed by atoms with Crippen molar-refractivity contribution in [3.05, 3.63) is 11.8 Å². The molecule has 1 aromatic rings. The van der Waals surface area contributed by atoms with E-state index in [0.717, 1.165) is 44.4 Å². The summed E-state index contributed by atoms with van der Waals surface area (Å²) in [6, 6.07) is 2.22. The largest absolute Gasteiger partial charge is 0.379 e. The molecule has 0 aliphatic carbocycles. The lowest BCUT2D eigenvalue weighted by atomic mass is 10.3. The van der Waals surface area contributed by atoms with Crippen molar-refractivity contribution < 1.29 is 4.74 Å². The molecule has 4 N–H and O–H groups in total. The number of hydrogen-bond acceptors (Lipinski definition) is 7. The highest BCUT2D eigenvalue weighted by Gasteiger charge is 2.14. The van der Waals surface area contributed by atoms with Gasteiger partial charge in [-0.25, -0.2) is 10.8 Å². The molecule has 1 aliphatic heterocycles. The number of morpholine rings is 1. The Labute approximate surface area is 113 Å². The minimum Gasteiger partial charge on any atom is -0.379 e. The summed E-state index contributed by atoms with van der Waals surface area (Å²) < 4.78 is 5.34. The first-order valence-corrected chi connectivity index (χ1v) is 6.56. The van der Waals surface area contributed by atoms with Gasteiger partial charge in [0.2, 0.25) is 5.95 Å². The summed E-state index contributed by atoms with van der Waals surface area (Å²) in [6.45, 7) is 8.65. The Bertz CT molecular complexity index is 407. The van der Waals surface area contributed by atoms with Gasteiger partial charge < -0.3 is 10.1 Å². The lowest BCUT2D eigenvalue weighted by molar-refractivity contribution is 0.0368. The zero-order chi connectivity index (χ0) is 13.7. The minimum absolute atomic E-state index is 0.304. The van der Waals surface area contributed by atoms with Crippen LogP contribution in [0.25, 0.3) is 0 Å². The van der Waals surface area contributed by atoms with E-state index in [4.69, 9.17) is 10.6 Å².